The molecule has 4 rings (SSSR count). The minimum atomic E-state index is -0.152. The fraction of sp³-hybridized carbons (Fsp3) is 0.100. The average molecular weight is 331 g/mol. The quantitative estimate of drug-likeness (QED) is 0.774. The minimum absolute atomic E-state index is 0.114. The summed E-state index contributed by atoms with van der Waals surface area (Å²) in [4.78, 5) is 26.2. The highest BCUT2D eigenvalue weighted by atomic mass is 16.2. The number of nitrogens with one attached hydrogen (secondary N) is 2. The highest BCUT2D eigenvalue weighted by molar-refractivity contribution is 6.06. The highest BCUT2D eigenvalue weighted by Gasteiger charge is 2.23. The molecule has 5 heteroatoms. The summed E-state index contributed by atoms with van der Waals surface area (Å²) in [5.74, 6) is -0.266. The van der Waals surface area contributed by atoms with Crippen molar-refractivity contribution in [3.05, 3.63) is 66.7 Å². The number of carbonyl (C=O) groups is 2. The van der Waals surface area contributed by atoms with Crippen LogP contribution in [0.2, 0.25) is 0 Å². The van der Waals surface area contributed by atoms with Crippen LogP contribution in [0.1, 0.15) is 0 Å². The first-order chi connectivity index (χ1) is 12.2. The molecule has 0 fully saturated rings. The molecule has 0 spiro atoms. The van der Waals surface area contributed by atoms with Crippen molar-refractivity contribution in [3.8, 4) is 0 Å². The normalized spacial score (nSPS) is 13.3. The molecule has 0 bridgehead atoms. The molecule has 0 radical (unpaired) electrons. The van der Waals surface area contributed by atoms with Gasteiger partial charge in [0.15, 0.2) is 0 Å². The number of carbonyl (C=O) groups excluding carboxylic acids is 2. The maximum absolute atomic E-state index is 12.6. The highest BCUT2D eigenvalue weighted by Crippen LogP contribution is 2.29. The Kier molecular flexibility index (Phi) is 3.82. The van der Waals surface area contributed by atoms with Crippen LogP contribution in [0.4, 0.5) is 17.1 Å². The standard InChI is InChI=1S/C20H17N3O2/c24-19(21-16-10-5-7-14-6-1-2-8-15(14)16)12-23-13-20(25)22-17-9-3-4-11-18(17)23/h1-11H,12-13H2,(H,21,24)(H,22,25). The number of amides is 2. The van der Waals surface area contributed by atoms with Crippen LogP contribution in [0, 0.1) is 0 Å². The van der Waals surface area contributed by atoms with Crippen molar-refractivity contribution in [2.45, 2.75) is 0 Å². The Morgan fingerprint density at radius 1 is 1.00 bits per heavy atom. The zero-order valence-electron chi connectivity index (χ0n) is 13.5. The van der Waals surface area contributed by atoms with Gasteiger partial charge in [0.2, 0.25) is 11.8 Å². The summed E-state index contributed by atoms with van der Waals surface area (Å²) in [6.45, 7) is 0.285. The number of anilines is 3. The lowest BCUT2D eigenvalue weighted by molar-refractivity contribution is -0.115. The summed E-state index contributed by atoms with van der Waals surface area (Å²) < 4.78 is 0. The van der Waals surface area contributed by atoms with E-state index in [4.69, 9.17) is 0 Å². The molecule has 0 aliphatic carbocycles. The minimum Gasteiger partial charge on any atom is -0.351 e. The van der Waals surface area contributed by atoms with Gasteiger partial charge in [-0.1, -0.05) is 48.5 Å². The molecule has 0 saturated carbocycles. The molecule has 0 aromatic heterocycles. The van der Waals surface area contributed by atoms with Gasteiger partial charge in [0.05, 0.1) is 24.5 Å². The second-order valence-corrected chi connectivity index (χ2v) is 6.00. The molecular weight excluding hydrogens is 314 g/mol. The first-order valence-electron chi connectivity index (χ1n) is 8.12. The van der Waals surface area contributed by atoms with E-state index in [0.717, 1.165) is 27.8 Å². The van der Waals surface area contributed by atoms with Gasteiger partial charge in [0, 0.05) is 11.1 Å². The second-order valence-electron chi connectivity index (χ2n) is 6.00. The van der Waals surface area contributed by atoms with Crippen molar-refractivity contribution in [1.82, 2.24) is 0 Å². The Morgan fingerprint density at radius 2 is 1.76 bits per heavy atom. The molecule has 5 nitrogen and oxygen atoms in total. The summed E-state index contributed by atoms with van der Waals surface area (Å²) in [5, 5.41) is 7.86. The van der Waals surface area contributed by atoms with Crippen LogP contribution in [0.15, 0.2) is 66.7 Å². The maximum Gasteiger partial charge on any atom is 0.243 e. The third kappa shape index (κ3) is 3.04. The predicted molar refractivity (Wildman–Crippen MR) is 99.9 cm³/mol. The lowest BCUT2D eigenvalue weighted by Gasteiger charge is -2.30. The van der Waals surface area contributed by atoms with E-state index in [2.05, 4.69) is 10.6 Å². The van der Waals surface area contributed by atoms with E-state index in [0.29, 0.717) is 0 Å². The summed E-state index contributed by atoms with van der Waals surface area (Å²) in [6.07, 6.45) is 0. The van der Waals surface area contributed by atoms with Crippen LogP contribution in [-0.2, 0) is 9.59 Å². The molecule has 2 amide bonds. The van der Waals surface area contributed by atoms with Crippen LogP contribution in [0.3, 0.4) is 0 Å². The Hall–Kier alpha value is -3.34. The van der Waals surface area contributed by atoms with Crippen LogP contribution < -0.4 is 15.5 Å². The number of hydrogen-bond acceptors (Lipinski definition) is 3. The lowest BCUT2D eigenvalue weighted by Crippen LogP contribution is -2.42. The van der Waals surface area contributed by atoms with E-state index in [1.165, 1.54) is 0 Å². The predicted octanol–water partition coefficient (Wildman–Crippen LogP) is 3.24. The number of fused-ring (bicyclic) bond motifs is 2. The van der Waals surface area contributed by atoms with E-state index in [-0.39, 0.29) is 24.9 Å². The molecule has 1 heterocycles. The van der Waals surface area contributed by atoms with Gasteiger partial charge in [0.25, 0.3) is 0 Å². The van der Waals surface area contributed by atoms with Crippen molar-refractivity contribution in [1.29, 1.82) is 0 Å². The molecule has 1 aliphatic heterocycles. The van der Waals surface area contributed by atoms with E-state index in [1.54, 1.807) is 4.90 Å². The van der Waals surface area contributed by atoms with Gasteiger partial charge in [-0.25, -0.2) is 0 Å². The van der Waals surface area contributed by atoms with Crippen LogP contribution in [0.25, 0.3) is 10.8 Å². The number of para-hydroxylation sites is 2. The third-order valence-corrected chi connectivity index (χ3v) is 4.25. The Bertz CT molecular complexity index is 963. The largest absolute Gasteiger partial charge is 0.351 e. The topological polar surface area (TPSA) is 61.4 Å². The van der Waals surface area contributed by atoms with E-state index < -0.39 is 0 Å². The van der Waals surface area contributed by atoms with Crippen molar-refractivity contribution in [2.24, 2.45) is 0 Å². The van der Waals surface area contributed by atoms with Crippen molar-refractivity contribution >= 4 is 39.6 Å². The molecule has 2 N–H and O–H groups in total. The van der Waals surface area contributed by atoms with E-state index in [1.807, 2.05) is 66.7 Å². The van der Waals surface area contributed by atoms with Gasteiger partial charge < -0.3 is 15.5 Å². The SMILES string of the molecule is O=C1CN(CC(=O)Nc2cccc3ccccc23)c2ccccc2N1. The molecule has 25 heavy (non-hydrogen) atoms. The molecule has 124 valence electrons. The van der Waals surface area contributed by atoms with Gasteiger partial charge in [0.1, 0.15) is 0 Å². The Labute approximate surface area is 145 Å². The molecule has 0 saturated heterocycles. The van der Waals surface area contributed by atoms with Crippen molar-refractivity contribution in [3.63, 3.8) is 0 Å². The van der Waals surface area contributed by atoms with E-state index >= 15 is 0 Å². The van der Waals surface area contributed by atoms with Crippen LogP contribution in [0.5, 0.6) is 0 Å². The first-order valence-corrected chi connectivity index (χ1v) is 8.12. The number of nitrogens with zero attached hydrogens (tertiary/aromatic N) is 1. The summed E-state index contributed by atoms with van der Waals surface area (Å²) >= 11 is 0. The Balaban J connectivity index is 1.56. The maximum atomic E-state index is 12.6. The molecule has 0 atom stereocenters. The third-order valence-electron chi connectivity index (χ3n) is 4.25. The second kappa shape index (κ2) is 6.28. The van der Waals surface area contributed by atoms with E-state index in [9.17, 15) is 9.59 Å². The first kappa shape index (κ1) is 15.2. The fourth-order valence-corrected chi connectivity index (χ4v) is 3.14. The van der Waals surface area contributed by atoms with Gasteiger partial charge in [-0.15, -0.1) is 0 Å². The summed E-state index contributed by atoms with van der Waals surface area (Å²) in [6, 6.07) is 21.2. The van der Waals surface area contributed by atoms with Crippen LogP contribution in [-0.4, -0.2) is 24.9 Å². The molecule has 3 aromatic carbocycles. The van der Waals surface area contributed by atoms with Gasteiger partial charge >= 0.3 is 0 Å². The average Bonchev–Trinajstić information content (AvgIpc) is 2.62. The zero-order valence-corrected chi connectivity index (χ0v) is 13.5. The molecule has 1 aliphatic rings. The Morgan fingerprint density at radius 3 is 2.68 bits per heavy atom. The zero-order chi connectivity index (χ0) is 17.2. The fourth-order valence-electron chi connectivity index (χ4n) is 3.14. The monoisotopic (exact) mass is 331 g/mol. The van der Waals surface area contributed by atoms with Crippen molar-refractivity contribution < 1.29 is 9.59 Å². The number of rotatable bonds is 3. The van der Waals surface area contributed by atoms with Crippen LogP contribution >= 0.6 is 0 Å². The summed E-state index contributed by atoms with van der Waals surface area (Å²) in [7, 11) is 0. The molecule has 0 unspecified atom stereocenters. The van der Waals surface area contributed by atoms with Gasteiger partial charge in [-0.3, -0.25) is 9.59 Å². The molecule has 3 aromatic rings. The lowest BCUT2D eigenvalue weighted by atomic mass is 10.1. The van der Waals surface area contributed by atoms with Gasteiger partial charge in [-0.2, -0.15) is 0 Å². The molecular formula is C20H17N3O2. The van der Waals surface area contributed by atoms with Gasteiger partial charge in [-0.05, 0) is 23.6 Å². The smallest absolute Gasteiger partial charge is 0.243 e. The summed E-state index contributed by atoms with van der Waals surface area (Å²) in [5.41, 5.74) is 2.37. The number of benzene rings is 3. The number of hydrogen-bond donors (Lipinski definition) is 2. The van der Waals surface area contributed by atoms with Crippen molar-refractivity contribution in [2.75, 3.05) is 28.6 Å².